The number of aliphatic hydroxyl groups excluding tert-OH is 1. The van der Waals surface area contributed by atoms with E-state index in [0.717, 1.165) is 8.04 Å². The van der Waals surface area contributed by atoms with Crippen LogP contribution in [0.3, 0.4) is 0 Å². The minimum absolute atomic E-state index is 0.164. The fourth-order valence-electron chi connectivity index (χ4n) is 1.76. The summed E-state index contributed by atoms with van der Waals surface area (Å²) in [7, 11) is 1.41. The predicted molar refractivity (Wildman–Crippen MR) is 83.9 cm³/mol. The third kappa shape index (κ3) is 3.27. The maximum Gasteiger partial charge on any atom is 0.165 e. The first-order valence-electron chi connectivity index (χ1n) is 5.49. The molecule has 0 heterocycles. The van der Waals surface area contributed by atoms with Crippen molar-refractivity contribution in [3.63, 3.8) is 0 Å². The lowest BCUT2D eigenvalue weighted by Crippen LogP contribution is -2.02. The Bertz CT molecular complexity index is 604. The van der Waals surface area contributed by atoms with Crippen molar-refractivity contribution in [2.24, 2.45) is 0 Å². The van der Waals surface area contributed by atoms with E-state index in [4.69, 9.17) is 4.74 Å². The Morgan fingerprint density at radius 3 is 2.63 bits per heavy atom. The summed E-state index contributed by atoms with van der Waals surface area (Å²) in [5, 5.41) is 10.3. The number of halogens is 3. The monoisotopic (exact) mass is 436 g/mol. The van der Waals surface area contributed by atoms with Crippen LogP contribution >= 0.6 is 38.5 Å². The van der Waals surface area contributed by atoms with E-state index in [0.29, 0.717) is 11.1 Å². The molecule has 0 aliphatic carbocycles. The van der Waals surface area contributed by atoms with E-state index in [2.05, 4.69) is 38.5 Å². The molecule has 0 spiro atoms. The molecule has 2 rings (SSSR count). The lowest BCUT2D eigenvalue weighted by atomic mass is 10.0. The molecule has 0 amide bonds. The second-order valence-corrected chi connectivity index (χ2v) is 6.06. The highest BCUT2D eigenvalue weighted by atomic mass is 127. The van der Waals surface area contributed by atoms with Crippen molar-refractivity contribution < 1.29 is 14.2 Å². The Morgan fingerprint density at radius 1 is 1.26 bits per heavy atom. The molecule has 1 N–H and O–H groups in total. The van der Waals surface area contributed by atoms with Crippen LogP contribution < -0.4 is 4.74 Å². The smallest absolute Gasteiger partial charge is 0.165 e. The van der Waals surface area contributed by atoms with Gasteiger partial charge in [0, 0.05) is 13.6 Å². The number of methoxy groups -OCH3 is 1. The highest BCUT2D eigenvalue weighted by Crippen LogP contribution is 2.31. The first-order chi connectivity index (χ1) is 9.02. The van der Waals surface area contributed by atoms with E-state index >= 15 is 0 Å². The highest BCUT2D eigenvalue weighted by Gasteiger charge is 2.16. The maximum absolute atomic E-state index is 13.7. The molecule has 0 aliphatic heterocycles. The molecule has 0 radical (unpaired) electrons. The first-order valence-corrected chi connectivity index (χ1v) is 7.36. The second-order valence-electron chi connectivity index (χ2n) is 3.96. The van der Waals surface area contributed by atoms with Gasteiger partial charge in [-0.15, -0.1) is 0 Å². The van der Waals surface area contributed by atoms with E-state index in [9.17, 15) is 9.50 Å². The molecular formula is C14H11BrFIO2. The van der Waals surface area contributed by atoms with Crippen LogP contribution in [-0.2, 0) is 0 Å². The fourth-order valence-corrected chi connectivity index (χ4v) is 2.74. The average molecular weight is 437 g/mol. The minimum Gasteiger partial charge on any atom is -0.494 e. The standard InChI is InChI=1S/C14H11BrFIO2/c1-19-13-5-2-8(6-12(13)16)14(18)10-7-9(17)3-4-11(10)15/h2-7,14,18H,1H3. The number of aliphatic hydroxyl groups is 1. The molecule has 2 aromatic rings. The molecule has 19 heavy (non-hydrogen) atoms. The summed E-state index contributed by atoms with van der Waals surface area (Å²) in [5.41, 5.74) is 1.19. The average Bonchev–Trinajstić information content (AvgIpc) is 2.40. The van der Waals surface area contributed by atoms with Crippen LogP contribution in [0.1, 0.15) is 17.2 Å². The van der Waals surface area contributed by atoms with E-state index in [1.54, 1.807) is 6.07 Å². The molecule has 2 nitrogen and oxygen atoms in total. The summed E-state index contributed by atoms with van der Waals surface area (Å²) in [5.74, 6) is -0.321. The van der Waals surface area contributed by atoms with Crippen molar-refractivity contribution >= 4 is 38.5 Å². The normalized spacial score (nSPS) is 12.3. The number of ether oxygens (including phenoxy) is 1. The molecule has 100 valence electrons. The number of rotatable bonds is 3. The molecule has 1 atom stereocenters. The summed E-state index contributed by atoms with van der Waals surface area (Å²) in [6.45, 7) is 0. The van der Waals surface area contributed by atoms with Gasteiger partial charge in [0.25, 0.3) is 0 Å². The molecule has 0 fully saturated rings. The zero-order chi connectivity index (χ0) is 14.0. The largest absolute Gasteiger partial charge is 0.494 e. The van der Waals surface area contributed by atoms with Gasteiger partial charge in [0.2, 0.25) is 0 Å². The van der Waals surface area contributed by atoms with E-state index in [1.165, 1.54) is 19.2 Å². The Kier molecular flexibility index (Phi) is 4.81. The van der Waals surface area contributed by atoms with Crippen LogP contribution in [0.2, 0.25) is 0 Å². The van der Waals surface area contributed by atoms with Gasteiger partial charge in [-0.3, -0.25) is 0 Å². The molecule has 0 aliphatic rings. The van der Waals surface area contributed by atoms with Crippen LogP contribution in [0.4, 0.5) is 4.39 Å². The Morgan fingerprint density at radius 2 is 2.00 bits per heavy atom. The number of hydrogen-bond acceptors (Lipinski definition) is 2. The maximum atomic E-state index is 13.7. The van der Waals surface area contributed by atoms with Gasteiger partial charge < -0.3 is 9.84 Å². The molecule has 0 aromatic heterocycles. The summed E-state index contributed by atoms with van der Waals surface area (Å²) in [6, 6.07) is 10.1. The van der Waals surface area contributed by atoms with Gasteiger partial charge in [0.15, 0.2) is 11.6 Å². The summed E-state index contributed by atoms with van der Waals surface area (Å²) in [4.78, 5) is 0. The summed E-state index contributed by atoms with van der Waals surface area (Å²) in [6.07, 6.45) is -0.885. The Balaban J connectivity index is 2.41. The summed E-state index contributed by atoms with van der Waals surface area (Å²) >= 11 is 5.56. The molecule has 0 saturated heterocycles. The van der Waals surface area contributed by atoms with Crippen molar-refractivity contribution in [3.05, 3.63) is 61.4 Å². The number of hydrogen-bond donors (Lipinski definition) is 1. The van der Waals surface area contributed by atoms with Gasteiger partial charge in [-0.25, -0.2) is 4.39 Å². The van der Waals surface area contributed by atoms with Crippen molar-refractivity contribution in [1.82, 2.24) is 0 Å². The van der Waals surface area contributed by atoms with Gasteiger partial charge in [0.1, 0.15) is 6.10 Å². The highest BCUT2D eigenvalue weighted by molar-refractivity contribution is 14.1. The van der Waals surface area contributed by atoms with Gasteiger partial charge in [-0.2, -0.15) is 0 Å². The van der Waals surface area contributed by atoms with E-state index < -0.39 is 11.9 Å². The molecule has 0 saturated carbocycles. The number of benzene rings is 2. The van der Waals surface area contributed by atoms with E-state index in [-0.39, 0.29) is 5.75 Å². The summed E-state index contributed by atoms with van der Waals surface area (Å²) < 4.78 is 20.3. The molecule has 2 aromatic carbocycles. The topological polar surface area (TPSA) is 29.5 Å². The Hall–Kier alpha value is -0.660. The Labute approximate surface area is 132 Å². The van der Waals surface area contributed by atoms with Gasteiger partial charge in [-0.1, -0.05) is 22.0 Å². The minimum atomic E-state index is -0.885. The SMILES string of the molecule is COc1ccc(C(O)c2cc(I)ccc2Br)cc1F. The van der Waals surface area contributed by atoms with Gasteiger partial charge >= 0.3 is 0 Å². The predicted octanol–water partition coefficient (Wildman–Crippen LogP) is 4.28. The van der Waals surface area contributed by atoms with Crippen LogP contribution in [0, 0.1) is 9.39 Å². The molecule has 0 bridgehead atoms. The van der Waals surface area contributed by atoms with E-state index in [1.807, 2.05) is 18.2 Å². The lowest BCUT2D eigenvalue weighted by Gasteiger charge is -2.14. The van der Waals surface area contributed by atoms with Gasteiger partial charge in [0.05, 0.1) is 7.11 Å². The van der Waals surface area contributed by atoms with Crippen LogP contribution in [0.5, 0.6) is 5.75 Å². The lowest BCUT2D eigenvalue weighted by molar-refractivity contribution is 0.218. The van der Waals surface area contributed by atoms with Gasteiger partial charge in [-0.05, 0) is 58.5 Å². The van der Waals surface area contributed by atoms with Crippen LogP contribution in [0.25, 0.3) is 0 Å². The van der Waals surface area contributed by atoms with Crippen LogP contribution in [-0.4, -0.2) is 12.2 Å². The van der Waals surface area contributed by atoms with Crippen molar-refractivity contribution in [1.29, 1.82) is 0 Å². The quantitative estimate of drug-likeness (QED) is 0.727. The van der Waals surface area contributed by atoms with Crippen molar-refractivity contribution in [3.8, 4) is 5.75 Å². The molecule has 1 unspecified atom stereocenters. The zero-order valence-corrected chi connectivity index (χ0v) is 13.8. The zero-order valence-electron chi connectivity index (χ0n) is 10.0. The second kappa shape index (κ2) is 6.19. The molecular weight excluding hydrogens is 426 g/mol. The van der Waals surface area contributed by atoms with Crippen molar-refractivity contribution in [2.45, 2.75) is 6.10 Å². The fraction of sp³-hybridized carbons (Fsp3) is 0.143. The third-order valence-corrected chi connectivity index (χ3v) is 4.14. The third-order valence-electron chi connectivity index (χ3n) is 2.74. The first kappa shape index (κ1) is 14.7. The van der Waals surface area contributed by atoms with Crippen molar-refractivity contribution in [2.75, 3.05) is 7.11 Å². The molecule has 5 heteroatoms. The van der Waals surface area contributed by atoms with Crippen LogP contribution in [0.15, 0.2) is 40.9 Å².